The number of benzene rings is 2. The summed E-state index contributed by atoms with van der Waals surface area (Å²) in [7, 11) is 0. The number of fused-ring (bicyclic) bond motifs is 1. The SMILES string of the molecule is CC(OC=O)C1(c2ccc(Br)cc2)C=Nc2ccccc21. The van der Waals surface area contributed by atoms with Gasteiger partial charge in [0, 0.05) is 10.7 Å². The molecule has 0 spiro atoms. The van der Waals surface area contributed by atoms with Crippen molar-refractivity contribution >= 4 is 34.3 Å². The van der Waals surface area contributed by atoms with Gasteiger partial charge in [-0.15, -0.1) is 0 Å². The van der Waals surface area contributed by atoms with Gasteiger partial charge in [-0.3, -0.25) is 9.79 Å². The summed E-state index contributed by atoms with van der Waals surface area (Å²) in [5.74, 6) is 0. The van der Waals surface area contributed by atoms with Gasteiger partial charge in [0.15, 0.2) is 0 Å². The Morgan fingerprint density at radius 2 is 1.90 bits per heavy atom. The fourth-order valence-electron chi connectivity index (χ4n) is 2.88. The van der Waals surface area contributed by atoms with Crippen molar-refractivity contribution in [2.75, 3.05) is 0 Å². The summed E-state index contributed by atoms with van der Waals surface area (Å²) in [6, 6.07) is 16.0. The molecule has 0 saturated carbocycles. The minimum absolute atomic E-state index is 0.344. The fraction of sp³-hybridized carbons (Fsp3) is 0.176. The maximum absolute atomic E-state index is 10.8. The Hall–Kier alpha value is -1.94. The van der Waals surface area contributed by atoms with Gasteiger partial charge in [0.25, 0.3) is 6.47 Å². The van der Waals surface area contributed by atoms with E-state index in [4.69, 9.17) is 4.74 Å². The first-order valence-electron chi connectivity index (χ1n) is 6.68. The molecule has 0 amide bonds. The fourth-order valence-corrected chi connectivity index (χ4v) is 3.15. The molecule has 2 atom stereocenters. The van der Waals surface area contributed by atoms with Crippen molar-refractivity contribution < 1.29 is 9.53 Å². The third-order valence-electron chi connectivity index (χ3n) is 3.98. The van der Waals surface area contributed by atoms with E-state index in [2.05, 4.69) is 20.9 Å². The first kappa shape index (κ1) is 14.0. The number of hydrogen-bond acceptors (Lipinski definition) is 3. The summed E-state index contributed by atoms with van der Waals surface area (Å²) in [6.45, 7) is 2.39. The van der Waals surface area contributed by atoms with E-state index in [1.54, 1.807) is 0 Å². The van der Waals surface area contributed by atoms with E-state index in [1.165, 1.54) is 0 Å². The van der Waals surface area contributed by atoms with Crippen LogP contribution in [0.2, 0.25) is 0 Å². The molecular weight excluding hydrogens is 330 g/mol. The molecule has 21 heavy (non-hydrogen) atoms. The van der Waals surface area contributed by atoms with E-state index in [9.17, 15) is 4.79 Å². The van der Waals surface area contributed by atoms with E-state index >= 15 is 0 Å². The molecule has 2 unspecified atom stereocenters. The molecular formula is C17H14BrNO2. The second-order valence-corrected chi connectivity index (χ2v) is 5.94. The molecule has 3 rings (SSSR count). The summed E-state index contributed by atoms with van der Waals surface area (Å²) in [6.07, 6.45) is 1.54. The summed E-state index contributed by atoms with van der Waals surface area (Å²) in [4.78, 5) is 15.4. The lowest BCUT2D eigenvalue weighted by Crippen LogP contribution is -2.40. The van der Waals surface area contributed by atoms with Crippen molar-refractivity contribution in [3.8, 4) is 0 Å². The van der Waals surface area contributed by atoms with Crippen molar-refractivity contribution in [1.82, 2.24) is 0 Å². The summed E-state index contributed by atoms with van der Waals surface area (Å²) < 4.78 is 6.30. The van der Waals surface area contributed by atoms with Crippen LogP contribution in [0.3, 0.4) is 0 Å². The predicted molar refractivity (Wildman–Crippen MR) is 86.1 cm³/mol. The van der Waals surface area contributed by atoms with Crippen LogP contribution >= 0.6 is 15.9 Å². The van der Waals surface area contributed by atoms with Crippen molar-refractivity contribution in [2.45, 2.75) is 18.4 Å². The van der Waals surface area contributed by atoms with Gasteiger partial charge >= 0.3 is 0 Å². The van der Waals surface area contributed by atoms with Crippen molar-refractivity contribution in [3.63, 3.8) is 0 Å². The number of para-hydroxylation sites is 1. The molecule has 2 aromatic carbocycles. The largest absolute Gasteiger partial charge is 0.463 e. The van der Waals surface area contributed by atoms with Gasteiger partial charge in [-0.1, -0.05) is 46.3 Å². The number of nitrogens with zero attached hydrogens (tertiary/aromatic N) is 1. The van der Waals surface area contributed by atoms with Crippen LogP contribution in [0.4, 0.5) is 5.69 Å². The van der Waals surface area contributed by atoms with Gasteiger partial charge in [0.1, 0.15) is 6.10 Å². The van der Waals surface area contributed by atoms with Crippen molar-refractivity contribution in [1.29, 1.82) is 0 Å². The van der Waals surface area contributed by atoms with E-state index in [1.807, 2.05) is 61.7 Å². The van der Waals surface area contributed by atoms with Gasteiger partial charge in [-0.2, -0.15) is 0 Å². The standard InChI is InChI=1S/C17H14BrNO2/c1-12(21-11-20)17(13-6-8-14(18)9-7-13)10-19-16-5-3-2-4-15(16)17/h2-12H,1H3. The van der Waals surface area contributed by atoms with Crippen LogP contribution in [0.5, 0.6) is 0 Å². The number of hydrogen-bond donors (Lipinski definition) is 0. The molecule has 0 N–H and O–H groups in total. The van der Waals surface area contributed by atoms with Crippen molar-refractivity contribution in [3.05, 3.63) is 64.1 Å². The smallest absolute Gasteiger partial charge is 0.293 e. The molecule has 2 aromatic rings. The lowest BCUT2D eigenvalue weighted by molar-refractivity contribution is -0.134. The molecule has 3 nitrogen and oxygen atoms in total. The average molecular weight is 344 g/mol. The topological polar surface area (TPSA) is 38.7 Å². The molecule has 4 heteroatoms. The number of halogens is 1. The zero-order valence-electron chi connectivity index (χ0n) is 11.5. The predicted octanol–water partition coefficient (Wildman–Crippen LogP) is 4.01. The van der Waals surface area contributed by atoms with Crippen LogP contribution in [0.1, 0.15) is 18.1 Å². The Bertz CT molecular complexity index is 696. The van der Waals surface area contributed by atoms with Gasteiger partial charge in [-0.25, -0.2) is 0 Å². The quantitative estimate of drug-likeness (QED) is 0.786. The monoisotopic (exact) mass is 343 g/mol. The summed E-state index contributed by atoms with van der Waals surface area (Å²) in [5, 5.41) is 0. The minimum atomic E-state index is -0.543. The molecule has 106 valence electrons. The van der Waals surface area contributed by atoms with Crippen LogP contribution in [0.15, 0.2) is 58.0 Å². The highest BCUT2D eigenvalue weighted by atomic mass is 79.9. The van der Waals surface area contributed by atoms with Gasteiger partial charge in [0.05, 0.1) is 11.1 Å². The second-order valence-electron chi connectivity index (χ2n) is 5.03. The minimum Gasteiger partial charge on any atom is -0.463 e. The van der Waals surface area contributed by atoms with E-state index in [0.29, 0.717) is 6.47 Å². The molecule has 0 aliphatic carbocycles. The maximum Gasteiger partial charge on any atom is 0.293 e. The summed E-state index contributed by atoms with van der Waals surface area (Å²) in [5.41, 5.74) is 2.48. The highest BCUT2D eigenvalue weighted by Gasteiger charge is 2.44. The maximum atomic E-state index is 10.8. The Labute approximate surface area is 131 Å². The van der Waals surface area contributed by atoms with Crippen LogP contribution < -0.4 is 0 Å². The molecule has 0 aromatic heterocycles. The average Bonchev–Trinajstić information content (AvgIpc) is 2.89. The molecule has 0 radical (unpaired) electrons. The molecule has 0 saturated heterocycles. The van der Waals surface area contributed by atoms with Crippen LogP contribution in [-0.4, -0.2) is 18.8 Å². The first-order valence-corrected chi connectivity index (χ1v) is 7.47. The Kier molecular flexibility index (Phi) is 3.64. The lowest BCUT2D eigenvalue weighted by atomic mass is 9.72. The normalized spacial score (nSPS) is 20.9. The zero-order chi connectivity index (χ0) is 14.9. The van der Waals surface area contributed by atoms with E-state index < -0.39 is 5.41 Å². The van der Waals surface area contributed by atoms with Crippen LogP contribution in [0.25, 0.3) is 0 Å². The number of aliphatic imine (C=N–C) groups is 1. The molecule has 1 heterocycles. The molecule has 0 bridgehead atoms. The van der Waals surface area contributed by atoms with Crippen LogP contribution in [0, 0.1) is 0 Å². The van der Waals surface area contributed by atoms with Gasteiger partial charge in [0.2, 0.25) is 0 Å². The van der Waals surface area contributed by atoms with E-state index in [-0.39, 0.29) is 6.10 Å². The van der Waals surface area contributed by atoms with Crippen LogP contribution in [-0.2, 0) is 14.9 Å². The summed E-state index contributed by atoms with van der Waals surface area (Å²) >= 11 is 3.45. The Morgan fingerprint density at radius 3 is 2.62 bits per heavy atom. The zero-order valence-corrected chi connectivity index (χ0v) is 13.1. The lowest BCUT2D eigenvalue weighted by Gasteiger charge is -2.33. The highest BCUT2D eigenvalue weighted by Crippen LogP contribution is 2.44. The van der Waals surface area contributed by atoms with Gasteiger partial charge in [-0.05, 0) is 36.2 Å². The third kappa shape index (κ3) is 2.20. The number of rotatable bonds is 4. The van der Waals surface area contributed by atoms with E-state index in [0.717, 1.165) is 21.3 Å². The van der Waals surface area contributed by atoms with Gasteiger partial charge < -0.3 is 4.74 Å². The first-order chi connectivity index (χ1) is 10.2. The molecule has 0 fully saturated rings. The number of ether oxygens (including phenoxy) is 1. The second kappa shape index (κ2) is 5.45. The van der Waals surface area contributed by atoms with Crippen molar-refractivity contribution in [2.24, 2.45) is 4.99 Å². The highest BCUT2D eigenvalue weighted by molar-refractivity contribution is 9.10. The Balaban J connectivity index is 2.20. The number of carbonyl (C=O) groups excluding carboxylic acids is 1. The molecule has 1 aliphatic rings. The third-order valence-corrected chi connectivity index (χ3v) is 4.51. The Morgan fingerprint density at radius 1 is 1.19 bits per heavy atom. The molecule has 1 aliphatic heterocycles. The number of carbonyl (C=O) groups is 1.